The molecule has 0 aromatic heterocycles. The number of hydrogen-bond acceptors (Lipinski definition) is 5. The van der Waals surface area contributed by atoms with Crippen molar-refractivity contribution in [2.75, 3.05) is 18.0 Å². The van der Waals surface area contributed by atoms with E-state index >= 15 is 0 Å². The zero-order valence-corrected chi connectivity index (χ0v) is 25.1. The molecule has 0 spiro atoms. The highest BCUT2D eigenvalue weighted by atomic mass is 35.5. The number of nitrogens with zero attached hydrogens (tertiary/aromatic N) is 2. The Balaban J connectivity index is 2.02. The molecule has 40 heavy (non-hydrogen) atoms. The standard InChI is InChI=1S/C29H33Cl2N3O5S/c1-5-20(2)32-29(36)21(3)33(18-22-9-13-26(39-4)14-10-22)28(35)19-34(25-8-6-7-24(31)17-25)40(37,38)27-15-11-23(30)12-16-27/h6-17,20-21H,5,18-19H2,1-4H3,(H,32,36)/t20-,21+/m0/s1. The van der Waals surface area contributed by atoms with Crippen LogP contribution in [0.4, 0.5) is 5.69 Å². The molecule has 214 valence electrons. The maximum atomic E-state index is 13.9. The van der Waals surface area contributed by atoms with Crippen molar-refractivity contribution < 1.29 is 22.7 Å². The van der Waals surface area contributed by atoms with Crippen LogP contribution in [0.5, 0.6) is 5.75 Å². The van der Waals surface area contributed by atoms with Crippen molar-refractivity contribution in [3.63, 3.8) is 0 Å². The first-order valence-corrected chi connectivity index (χ1v) is 14.9. The molecule has 0 bridgehead atoms. The summed E-state index contributed by atoms with van der Waals surface area (Å²) < 4.78 is 33.8. The third kappa shape index (κ3) is 7.90. The minimum atomic E-state index is -4.22. The van der Waals surface area contributed by atoms with Crippen LogP contribution in [0.3, 0.4) is 0 Å². The van der Waals surface area contributed by atoms with Gasteiger partial charge in [0.25, 0.3) is 10.0 Å². The zero-order chi connectivity index (χ0) is 29.4. The van der Waals surface area contributed by atoms with E-state index in [1.54, 1.807) is 56.5 Å². The van der Waals surface area contributed by atoms with Gasteiger partial charge < -0.3 is 15.0 Å². The molecule has 8 nitrogen and oxygen atoms in total. The molecule has 11 heteroatoms. The van der Waals surface area contributed by atoms with Gasteiger partial charge in [-0.05, 0) is 80.4 Å². The van der Waals surface area contributed by atoms with Gasteiger partial charge in [0.1, 0.15) is 18.3 Å². The smallest absolute Gasteiger partial charge is 0.264 e. The van der Waals surface area contributed by atoms with Crippen molar-refractivity contribution in [3.05, 3.63) is 88.4 Å². The second-order valence-electron chi connectivity index (χ2n) is 9.31. The Morgan fingerprint density at radius 1 is 0.950 bits per heavy atom. The van der Waals surface area contributed by atoms with Crippen LogP contribution in [0.15, 0.2) is 77.7 Å². The molecule has 0 saturated heterocycles. The summed E-state index contributed by atoms with van der Waals surface area (Å²) >= 11 is 12.2. The van der Waals surface area contributed by atoms with E-state index in [2.05, 4.69) is 5.32 Å². The summed E-state index contributed by atoms with van der Waals surface area (Å²) in [6.45, 7) is 4.95. The molecular weight excluding hydrogens is 573 g/mol. The summed E-state index contributed by atoms with van der Waals surface area (Å²) in [5.74, 6) is -0.267. The molecule has 0 saturated carbocycles. The third-order valence-electron chi connectivity index (χ3n) is 6.46. The Morgan fingerprint density at radius 2 is 1.60 bits per heavy atom. The van der Waals surface area contributed by atoms with E-state index < -0.39 is 28.5 Å². The first-order valence-electron chi connectivity index (χ1n) is 12.7. The molecule has 0 unspecified atom stereocenters. The van der Waals surface area contributed by atoms with Crippen LogP contribution >= 0.6 is 23.2 Å². The summed E-state index contributed by atoms with van der Waals surface area (Å²) in [4.78, 5) is 28.4. The number of benzene rings is 3. The fourth-order valence-corrected chi connectivity index (χ4v) is 5.59. The topological polar surface area (TPSA) is 96.0 Å². The maximum absolute atomic E-state index is 13.9. The number of sulfonamides is 1. The van der Waals surface area contributed by atoms with Crippen LogP contribution in [-0.4, -0.2) is 50.9 Å². The lowest BCUT2D eigenvalue weighted by atomic mass is 10.1. The summed E-state index contributed by atoms with van der Waals surface area (Å²) in [5, 5.41) is 3.58. The Labute approximate surface area is 245 Å². The second-order valence-corrected chi connectivity index (χ2v) is 12.0. The lowest BCUT2D eigenvalue weighted by Gasteiger charge is -2.32. The van der Waals surface area contributed by atoms with Gasteiger partial charge in [-0.1, -0.05) is 48.3 Å². The Bertz CT molecular complexity index is 1420. The van der Waals surface area contributed by atoms with Gasteiger partial charge in [-0.2, -0.15) is 0 Å². The van der Waals surface area contributed by atoms with Crippen molar-refractivity contribution >= 4 is 50.7 Å². The van der Waals surface area contributed by atoms with Gasteiger partial charge in [0.05, 0.1) is 17.7 Å². The molecule has 0 fully saturated rings. The van der Waals surface area contributed by atoms with Crippen LogP contribution < -0.4 is 14.4 Å². The molecule has 1 N–H and O–H groups in total. The van der Waals surface area contributed by atoms with Gasteiger partial charge >= 0.3 is 0 Å². The van der Waals surface area contributed by atoms with Crippen LogP contribution in [-0.2, 0) is 26.2 Å². The van der Waals surface area contributed by atoms with Crippen LogP contribution in [0, 0.1) is 0 Å². The Morgan fingerprint density at radius 3 is 2.17 bits per heavy atom. The maximum Gasteiger partial charge on any atom is 0.264 e. The molecule has 0 heterocycles. The number of methoxy groups -OCH3 is 1. The first kappa shape index (κ1) is 31.3. The third-order valence-corrected chi connectivity index (χ3v) is 8.73. The number of anilines is 1. The molecule has 3 aromatic carbocycles. The van der Waals surface area contributed by atoms with Crippen molar-refractivity contribution in [1.82, 2.24) is 10.2 Å². The highest BCUT2D eigenvalue weighted by molar-refractivity contribution is 7.92. The molecule has 3 rings (SSSR count). The van der Waals surface area contributed by atoms with Crippen LogP contribution in [0.2, 0.25) is 10.0 Å². The molecule has 0 aliphatic rings. The molecule has 3 aromatic rings. The van der Waals surface area contributed by atoms with Crippen molar-refractivity contribution in [1.29, 1.82) is 0 Å². The highest BCUT2D eigenvalue weighted by Gasteiger charge is 2.33. The van der Waals surface area contributed by atoms with Crippen molar-refractivity contribution in [2.45, 2.75) is 50.7 Å². The average Bonchev–Trinajstić information content (AvgIpc) is 2.94. The lowest BCUT2D eigenvalue weighted by Crippen LogP contribution is -2.52. The Kier molecular flexibility index (Phi) is 10.8. The predicted octanol–water partition coefficient (Wildman–Crippen LogP) is 5.53. The Hall–Kier alpha value is -3.27. The van der Waals surface area contributed by atoms with E-state index in [4.69, 9.17) is 27.9 Å². The SMILES string of the molecule is CC[C@H](C)NC(=O)[C@@H](C)N(Cc1ccc(OC)cc1)C(=O)CN(c1cccc(Cl)c1)S(=O)(=O)c1ccc(Cl)cc1. The minimum Gasteiger partial charge on any atom is -0.497 e. The van der Waals surface area contributed by atoms with E-state index in [0.717, 1.165) is 9.87 Å². The number of ether oxygens (including phenoxy) is 1. The van der Waals surface area contributed by atoms with Gasteiger partial charge in [0.2, 0.25) is 11.8 Å². The molecule has 0 radical (unpaired) electrons. The molecule has 0 aliphatic heterocycles. The predicted molar refractivity (Wildman–Crippen MR) is 158 cm³/mol. The van der Waals surface area contributed by atoms with Gasteiger partial charge in [0, 0.05) is 22.6 Å². The van der Waals surface area contributed by atoms with Gasteiger partial charge in [-0.3, -0.25) is 13.9 Å². The molecule has 2 atom stereocenters. The summed E-state index contributed by atoms with van der Waals surface area (Å²) in [6, 6.07) is 18.0. The average molecular weight is 607 g/mol. The number of carbonyl (C=O) groups is 2. The largest absolute Gasteiger partial charge is 0.497 e. The van der Waals surface area contributed by atoms with Crippen LogP contribution in [0.25, 0.3) is 0 Å². The quantitative estimate of drug-likeness (QED) is 0.293. The first-order chi connectivity index (χ1) is 19.0. The summed E-state index contributed by atoms with van der Waals surface area (Å²) in [6.07, 6.45) is 0.715. The van der Waals surface area contributed by atoms with Crippen molar-refractivity contribution in [3.8, 4) is 5.75 Å². The fourth-order valence-electron chi connectivity index (χ4n) is 3.87. The van der Waals surface area contributed by atoms with Crippen molar-refractivity contribution in [2.24, 2.45) is 0 Å². The summed E-state index contributed by atoms with van der Waals surface area (Å²) in [7, 11) is -2.66. The number of halogens is 2. The van der Waals surface area contributed by atoms with Crippen LogP contribution in [0.1, 0.15) is 32.8 Å². The fraction of sp³-hybridized carbons (Fsp3) is 0.310. The van der Waals surface area contributed by atoms with E-state index in [1.807, 2.05) is 13.8 Å². The van der Waals surface area contributed by atoms with Gasteiger partial charge in [-0.15, -0.1) is 0 Å². The van der Waals surface area contributed by atoms with Gasteiger partial charge in [0.15, 0.2) is 0 Å². The van der Waals surface area contributed by atoms with E-state index in [1.165, 1.54) is 35.2 Å². The molecule has 2 amide bonds. The number of amides is 2. The van der Waals surface area contributed by atoms with Gasteiger partial charge in [-0.25, -0.2) is 8.42 Å². The second kappa shape index (κ2) is 13.9. The minimum absolute atomic E-state index is 0.0473. The molecule has 0 aliphatic carbocycles. The lowest BCUT2D eigenvalue weighted by molar-refractivity contribution is -0.139. The van der Waals surface area contributed by atoms with E-state index in [-0.39, 0.29) is 29.1 Å². The zero-order valence-electron chi connectivity index (χ0n) is 22.8. The highest BCUT2D eigenvalue weighted by Crippen LogP contribution is 2.27. The molecular formula is C29H33Cl2N3O5S. The number of carbonyl (C=O) groups excluding carboxylic acids is 2. The number of hydrogen-bond donors (Lipinski definition) is 1. The monoisotopic (exact) mass is 605 g/mol. The number of rotatable bonds is 12. The number of nitrogens with one attached hydrogen (secondary N) is 1. The summed E-state index contributed by atoms with van der Waals surface area (Å²) in [5.41, 5.74) is 0.948. The van der Waals surface area contributed by atoms with E-state index in [0.29, 0.717) is 22.2 Å². The van der Waals surface area contributed by atoms with E-state index in [9.17, 15) is 18.0 Å². The normalized spacial score (nSPS) is 12.8.